The largest absolute Gasteiger partial charge is 0.490 e. The maximum atomic E-state index is 12.9. The number of rotatable bonds is 5. The molecule has 7 nitrogen and oxygen atoms in total. The summed E-state index contributed by atoms with van der Waals surface area (Å²) in [6, 6.07) is 9.23. The smallest absolute Gasteiger partial charge is 0.253 e. The molecule has 138 valence electrons. The first-order valence-corrected chi connectivity index (χ1v) is 9.04. The summed E-state index contributed by atoms with van der Waals surface area (Å²) in [4.78, 5) is 23.2. The van der Waals surface area contributed by atoms with Gasteiger partial charge in [0.15, 0.2) is 0 Å². The molecule has 1 aromatic carbocycles. The highest BCUT2D eigenvalue weighted by molar-refractivity contribution is 5.94. The summed E-state index contributed by atoms with van der Waals surface area (Å²) in [5.41, 5.74) is 1.71. The molecular formula is C20H21N5O2. The first-order valence-electron chi connectivity index (χ1n) is 9.04. The summed E-state index contributed by atoms with van der Waals surface area (Å²) in [5, 5.41) is 4.27. The van der Waals surface area contributed by atoms with Gasteiger partial charge in [-0.2, -0.15) is 10.1 Å². The third-order valence-electron chi connectivity index (χ3n) is 4.81. The molecule has 0 unspecified atom stereocenters. The molecule has 3 heterocycles. The Kier molecular flexibility index (Phi) is 4.82. The van der Waals surface area contributed by atoms with Gasteiger partial charge < -0.3 is 9.64 Å². The van der Waals surface area contributed by atoms with Gasteiger partial charge in [-0.05, 0) is 43.2 Å². The normalized spacial score (nSPS) is 17.0. The predicted octanol–water partition coefficient (Wildman–Crippen LogP) is 2.71. The van der Waals surface area contributed by atoms with E-state index in [1.54, 1.807) is 16.8 Å². The van der Waals surface area contributed by atoms with Crippen molar-refractivity contribution in [2.45, 2.75) is 18.8 Å². The van der Waals surface area contributed by atoms with Crippen LogP contribution in [0.1, 0.15) is 34.8 Å². The van der Waals surface area contributed by atoms with E-state index in [9.17, 15) is 4.79 Å². The Labute approximate surface area is 157 Å². The molecule has 0 spiro atoms. The fourth-order valence-electron chi connectivity index (χ4n) is 3.50. The van der Waals surface area contributed by atoms with E-state index < -0.39 is 0 Å². The number of carbonyl (C=O) groups is 1. The van der Waals surface area contributed by atoms with E-state index in [0.29, 0.717) is 24.5 Å². The maximum absolute atomic E-state index is 12.9. The van der Waals surface area contributed by atoms with Crippen molar-refractivity contribution in [1.82, 2.24) is 24.5 Å². The highest BCUT2D eigenvalue weighted by Crippen LogP contribution is 2.27. The van der Waals surface area contributed by atoms with Gasteiger partial charge in [-0.1, -0.05) is 12.7 Å². The highest BCUT2D eigenvalue weighted by Gasteiger charge is 2.27. The Hall–Kier alpha value is -3.22. The third kappa shape index (κ3) is 3.53. The molecule has 1 saturated heterocycles. The quantitative estimate of drug-likeness (QED) is 0.652. The summed E-state index contributed by atoms with van der Waals surface area (Å²) in [6.45, 7) is 5.50. The Bertz CT molecular complexity index is 950. The molecule has 0 bridgehead atoms. The van der Waals surface area contributed by atoms with E-state index in [-0.39, 0.29) is 11.8 Å². The van der Waals surface area contributed by atoms with Gasteiger partial charge >= 0.3 is 0 Å². The molecular weight excluding hydrogens is 342 g/mol. The summed E-state index contributed by atoms with van der Waals surface area (Å²) >= 11 is 0. The standard InChI is InChI=1S/C20H21N5O2/c1-2-12-27-17-7-5-15(6-8-17)19(26)24-11-3-4-16(13-24)18-9-10-21-20-22-14-23-25(18)20/h2,5-10,14,16H,1,3-4,11-13H2/t16-/m1/s1. The van der Waals surface area contributed by atoms with E-state index in [0.717, 1.165) is 30.8 Å². The molecule has 0 saturated carbocycles. The topological polar surface area (TPSA) is 72.6 Å². The van der Waals surface area contributed by atoms with Crippen molar-refractivity contribution in [3.8, 4) is 5.75 Å². The minimum atomic E-state index is 0.0406. The fraction of sp³-hybridized carbons (Fsp3) is 0.300. The molecule has 3 aromatic rings. The van der Waals surface area contributed by atoms with Crippen LogP contribution in [-0.4, -0.2) is 50.1 Å². The number of hydrogen-bond donors (Lipinski definition) is 0. The van der Waals surface area contributed by atoms with E-state index in [1.807, 2.05) is 35.2 Å². The van der Waals surface area contributed by atoms with Crippen LogP contribution in [0.4, 0.5) is 0 Å². The number of fused-ring (bicyclic) bond motifs is 1. The Morgan fingerprint density at radius 1 is 1.26 bits per heavy atom. The van der Waals surface area contributed by atoms with Gasteiger partial charge in [0.25, 0.3) is 11.7 Å². The number of benzene rings is 1. The minimum Gasteiger partial charge on any atom is -0.490 e. The zero-order valence-electron chi connectivity index (χ0n) is 15.0. The number of likely N-dealkylation sites (tertiary alicyclic amines) is 1. The second-order valence-corrected chi connectivity index (χ2v) is 6.56. The minimum absolute atomic E-state index is 0.0406. The van der Waals surface area contributed by atoms with Crippen LogP contribution in [0.5, 0.6) is 5.75 Å². The molecule has 0 aliphatic carbocycles. The second kappa shape index (κ2) is 7.57. The Balaban J connectivity index is 1.50. The van der Waals surface area contributed by atoms with Crippen LogP contribution in [0.15, 0.2) is 55.5 Å². The molecule has 4 rings (SSSR count). The van der Waals surface area contributed by atoms with Crippen LogP contribution in [-0.2, 0) is 0 Å². The lowest BCUT2D eigenvalue weighted by Gasteiger charge is -2.33. The predicted molar refractivity (Wildman–Crippen MR) is 101 cm³/mol. The molecule has 1 aliphatic rings. The summed E-state index contributed by atoms with van der Waals surface area (Å²) in [7, 11) is 0. The summed E-state index contributed by atoms with van der Waals surface area (Å²) in [6.07, 6.45) is 6.92. The highest BCUT2D eigenvalue weighted by atomic mass is 16.5. The van der Waals surface area contributed by atoms with Gasteiger partial charge in [0.05, 0.1) is 5.69 Å². The van der Waals surface area contributed by atoms with Gasteiger partial charge in [-0.25, -0.2) is 9.50 Å². The van der Waals surface area contributed by atoms with Crippen LogP contribution < -0.4 is 4.74 Å². The maximum Gasteiger partial charge on any atom is 0.253 e. The number of ether oxygens (including phenoxy) is 1. The SMILES string of the molecule is C=CCOc1ccc(C(=O)N2CCC[C@@H](c3ccnc4ncnn34)C2)cc1. The van der Waals surface area contributed by atoms with Crippen LogP contribution in [0.3, 0.4) is 0 Å². The van der Waals surface area contributed by atoms with E-state index in [2.05, 4.69) is 21.6 Å². The summed E-state index contributed by atoms with van der Waals surface area (Å²) in [5.74, 6) is 1.57. The van der Waals surface area contributed by atoms with Crippen LogP contribution in [0.25, 0.3) is 5.78 Å². The monoisotopic (exact) mass is 363 g/mol. The lowest BCUT2D eigenvalue weighted by atomic mass is 9.94. The van der Waals surface area contributed by atoms with E-state index in [1.165, 1.54) is 6.33 Å². The van der Waals surface area contributed by atoms with Crippen molar-refractivity contribution < 1.29 is 9.53 Å². The first kappa shape index (κ1) is 17.2. The first-order chi connectivity index (χ1) is 13.3. The van der Waals surface area contributed by atoms with Crippen molar-refractivity contribution >= 4 is 11.7 Å². The second-order valence-electron chi connectivity index (χ2n) is 6.56. The third-order valence-corrected chi connectivity index (χ3v) is 4.81. The molecule has 2 aromatic heterocycles. The van der Waals surface area contributed by atoms with E-state index in [4.69, 9.17) is 4.74 Å². The zero-order chi connectivity index (χ0) is 18.6. The molecule has 7 heteroatoms. The molecule has 0 N–H and O–H groups in total. The van der Waals surface area contributed by atoms with Crippen LogP contribution in [0.2, 0.25) is 0 Å². The van der Waals surface area contributed by atoms with Gasteiger partial charge in [-0.3, -0.25) is 4.79 Å². The number of carbonyl (C=O) groups excluding carboxylic acids is 1. The van der Waals surface area contributed by atoms with Crippen molar-refractivity contribution in [1.29, 1.82) is 0 Å². The van der Waals surface area contributed by atoms with Crippen molar-refractivity contribution in [3.05, 3.63) is 66.8 Å². The molecule has 1 fully saturated rings. The Morgan fingerprint density at radius 2 is 2.11 bits per heavy atom. The number of piperidine rings is 1. The number of hydrogen-bond acceptors (Lipinski definition) is 5. The van der Waals surface area contributed by atoms with Gasteiger partial charge in [0, 0.05) is 30.8 Å². The molecule has 1 amide bonds. The van der Waals surface area contributed by atoms with E-state index >= 15 is 0 Å². The lowest BCUT2D eigenvalue weighted by molar-refractivity contribution is 0.0705. The zero-order valence-corrected chi connectivity index (χ0v) is 15.0. The number of amides is 1. The average Bonchev–Trinajstić information content (AvgIpc) is 3.21. The van der Waals surface area contributed by atoms with Crippen molar-refractivity contribution in [3.63, 3.8) is 0 Å². The summed E-state index contributed by atoms with van der Waals surface area (Å²) < 4.78 is 7.25. The molecule has 27 heavy (non-hydrogen) atoms. The van der Waals surface area contributed by atoms with Gasteiger partial charge in [0.2, 0.25) is 0 Å². The van der Waals surface area contributed by atoms with Crippen LogP contribution >= 0.6 is 0 Å². The van der Waals surface area contributed by atoms with Crippen LogP contribution in [0, 0.1) is 0 Å². The molecule has 1 atom stereocenters. The fourth-order valence-corrected chi connectivity index (χ4v) is 3.50. The average molecular weight is 363 g/mol. The molecule has 0 radical (unpaired) electrons. The van der Waals surface area contributed by atoms with Gasteiger partial charge in [0.1, 0.15) is 18.7 Å². The Morgan fingerprint density at radius 3 is 2.93 bits per heavy atom. The van der Waals surface area contributed by atoms with Crippen molar-refractivity contribution in [2.75, 3.05) is 19.7 Å². The lowest BCUT2D eigenvalue weighted by Crippen LogP contribution is -2.39. The van der Waals surface area contributed by atoms with Crippen molar-refractivity contribution in [2.24, 2.45) is 0 Å². The van der Waals surface area contributed by atoms with Gasteiger partial charge in [-0.15, -0.1) is 0 Å². The number of nitrogens with zero attached hydrogens (tertiary/aromatic N) is 5. The molecule has 1 aliphatic heterocycles. The number of aromatic nitrogens is 4.